The molecule has 0 unspecified atom stereocenters. The number of rotatable bonds is 6. The highest BCUT2D eigenvalue weighted by atomic mass is 16.5. The van der Waals surface area contributed by atoms with Crippen molar-refractivity contribution >= 4 is 10.9 Å². The zero-order valence-electron chi connectivity index (χ0n) is 18.9. The number of benzene rings is 3. The van der Waals surface area contributed by atoms with E-state index in [0.29, 0.717) is 24.1 Å². The van der Waals surface area contributed by atoms with Gasteiger partial charge >= 0.3 is 0 Å². The smallest absolute Gasteiger partial charge is 0.220 e. The van der Waals surface area contributed by atoms with Crippen LogP contribution in [0.25, 0.3) is 44.4 Å². The van der Waals surface area contributed by atoms with Gasteiger partial charge in [0.25, 0.3) is 0 Å². The maximum absolute atomic E-state index is 10.7. The van der Waals surface area contributed by atoms with Crippen molar-refractivity contribution in [3.05, 3.63) is 96.7 Å². The Morgan fingerprint density at radius 3 is 2.32 bits per heavy atom. The second-order valence-corrected chi connectivity index (χ2v) is 8.00. The molecule has 5 nitrogen and oxygen atoms in total. The minimum atomic E-state index is -0.0468. The fraction of sp³-hybridized carbons (Fsp3) is 0.103. The van der Waals surface area contributed by atoms with E-state index in [-0.39, 0.29) is 5.88 Å². The second kappa shape index (κ2) is 9.33. The van der Waals surface area contributed by atoms with Crippen LogP contribution in [0.15, 0.2) is 91.1 Å². The Morgan fingerprint density at radius 1 is 0.824 bits per heavy atom. The molecule has 0 fully saturated rings. The number of nitrogens with two attached hydrogens (primary N) is 1. The summed E-state index contributed by atoms with van der Waals surface area (Å²) in [5, 5.41) is 11.3. The fourth-order valence-electron chi connectivity index (χ4n) is 4.13. The van der Waals surface area contributed by atoms with E-state index in [2.05, 4.69) is 4.98 Å². The Hall–Kier alpha value is -4.22. The molecular formula is C29H25N3O2. The van der Waals surface area contributed by atoms with E-state index in [0.717, 1.165) is 44.8 Å². The van der Waals surface area contributed by atoms with E-state index in [1.54, 1.807) is 6.20 Å². The summed E-state index contributed by atoms with van der Waals surface area (Å²) in [6.07, 6.45) is 1.67. The van der Waals surface area contributed by atoms with E-state index in [4.69, 9.17) is 15.5 Å². The van der Waals surface area contributed by atoms with Gasteiger partial charge in [-0.1, -0.05) is 66.7 Å². The first-order valence-corrected chi connectivity index (χ1v) is 11.3. The monoisotopic (exact) mass is 447 g/mol. The van der Waals surface area contributed by atoms with Crippen molar-refractivity contribution in [1.29, 1.82) is 0 Å². The van der Waals surface area contributed by atoms with Gasteiger partial charge in [-0.3, -0.25) is 0 Å². The molecule has 0 radical (unpaired) electrons. The Balaban J connectivity index is 1.79. The summed E-state index contributed by atoms with van der Waals surface area (Å²) in [7, 11) is 0. The predicted octanol–water partition coefficient (Wildman–Crippen LogP) is 6.19. The van der Waals surface area contributed by atoms with Crippen LogP contribution in [0.3, 0.4) is 0 Å². The molecule has 0 saturated heterocycles. The van der Waals surface area contributed by atoms with E-state index in [9.17, 15) is 5.11 Å². The molecule has 0 aliphatic heterocycles. The average molecular weight is 448 g/mol. The van der Waals surface area contributed by atoms with Crippen LogP contribution in [-0.2, 0) is 6.54 Å². The number of aromatic hydroxyl groups is 1. The molecule has 5 rings (SSSR count). The Morgan fingerprint density at radius 2 is 1.59 bits per heavy atom. The molecule has 0 spiro atoms. The molecular weight excluding hydrogens is 422 g/mol. The molecule has 3 N–H and O–H groups in total. The summed E-state index contributed by atoms with van der Waals surface area (Å²) >= 11 is 0. The molecule has 168 valence electrons. The fourth-order valence-corrected chi connectivity index (χ4v) is 4.13. The van der Waals surface area contributed by atoms with Crippen LogP contribution in [0, 0.1) is 0 Å². The summed E-state index contributed by atoms with van der Waals surface area (Å²) in [5.41, 5.74) is 13.0. The molecule has 34 heavy (non-hydrogen) atoms. The molecule has 2 heterocycles. The highest BCUT2D eigenvalue weighted by Crippen LogP contribution is 2.39. The van der Waals surface area contributed by atoms with Crippen molar-refractivity contribution in [2.24, 2.45) is 5.73 Å². The maximum atomic E-state index is 10.7. The van der Waals surface area contributed by atoms with Gasteiger partial charge in [-0.05, 0) is 41.8 Å². The summed E-state index contributed by atoms with van der Waals surface area (Å²) in [6.45, 7) is 3.02. The lowest BCUT2D eigenvalue weighted by atomic mass is 9.95. The number of fused-ring (bicyclic) bond motifs is 1. The highest BCUT2D eigenvalue weighted by Gasteiger charge is 2.17. The maximum Gasteiger partial charge on any atom is 0.220 e. The summed E-state index contributed by atoms with van der Waals surface area (Å²) in [4.78, 5) is 9.40. The lowest BCUT2D eigenvalue weighted by molar-refractivity contribution is 0.340. The van der Waals surface area contributed by atoms with E-state index in [1.165, 1.54) is 0 Å². The number of hydrogen-bond donors (Lipinski definition) is 2. The van der Waals surface area contributed by atoms with Crippen LogP contribution in [0.2, 0.25) is 0 Å². The third kappa shape index (κ3) is 4.09. The van der Waals surface area contributed by atoms with Gasteiger partial charge in [-0.25, -0.2) is 9.97 Å². The number of hydrogen-bond acceptors (Lipinski definition) is 5. The quantitative estimate of drug-likeness (QED) is 0.324. The van der Waals surface area contributed by atoms with Gasteiger partial charge in [0.05, 0.1) is 23.2 Å². The van der Waals surface area contributed by atoms with Crippen LogP contribution in [0.1, 0.15) is 12.5 Å². The lowest BCUT2D eigenvalue weighted by Gasteiger charge is -2.15. The molecule has 3 aromatic carbocycles. The Kier molecular flexibility index (Phi) is 5.93. The molecule has 0 bridgehead atoms. The van der Waals surface area contributed by atoms with Crippen molar-refractivity contribution in [3.63, 3.8) is 0 Å². The van der Waals surface area contributed by atoms with Crippen molar-refractivity contribution in [2.75, 3.05) is 6.61 Å². The second-order valence-electron chi connectivity index (χ2n) is 8.00. The molecule has 5 aromatic rings. The van der Waals surface area contributed by atoms with Gasteiger partial charge in [-0.2, -0.15) is 0 Å². The lowest BCUT2D eigenvalue weighted by Crippen LogP contribution is -1.97. The summed E-state index contributed by atoms with van der Waals surface area (Å²) in [5.74, 6) is 0.731. The first-order valence-electron chi connectivity index (χ1n) is 11.3. The van der Waals surface area contributed by atoms with Crippen molar-refractivity contribution in [1.82, 2.24) is 9.97 Å². The normalized spacial score (nSPS) is 11.0. The number of pyridine rings is 2. The predicted molar refractivity (Wildman–Crippen MR) is 137 cm³/mol. The van der Waals surface area contributed by atoms with Crippen LogP contribution >= 0.6 is 0 Å². The van der Waals surface area contributed by atoms with Gasteiger partial charge in [0.2, 0.25) is 5.88 Å². The van der Waals surface area contributed by atoms with Crippen molar-refractivity contribution < 1.29 is 9.84 Å². The Bertz CT molecular complexity index is 1450. The third-order valence-corrected chi connectivity index (χ3v) is 5.84. The zero-order chi connectivity index (χ0) is 23.5. The van der Waals surface area contributed by atoms with Crippen LogP contribution in [-0.4, -0.2) is 21.7 Å². The van der Waals surface area contributed by atoms with Crippen LogP contribution in [0.5, 0.6) is 11.6 Å². The minimum Gasteiger partial charge on any atom is -0.494 e. The SMILES string of the molecule is CCOc1cccc(-c2cnc(O)c3cc(-c4ccccc4)c(-c4ccc(CN)cc4)nc23)c1. The van der Waals surface area contributed by atoms with E-state index < -0.39 is 0 Å². The largest absolute Gasteiger partial charge is 0.494 e. The van der Waals surface area contributed by atoms with Gasteiger partial charge < -0.3 is 15.6 Å². The van der Waals surface area contributed by atoms with Gasteiger partial charge in [0.1, 0.15) is 5.75 Å². The molecule has 0 amide bonds. The third-order valence-electron chi connectivity index (χ3n) is 5.84. The van der Waals surface area contributed by atoms with E-state index in [1.807, 2.05) is 91.9 Å². The summed E-state index contributed by atoms with van der Waals surface area (Å²) < 4.78 is 5.70. The molecule has 0 atom stereocenters. The van der Waals surface area contributed by atoms with Crippen LogP contribution < -0.4 is 10.5 Å². The summed E-state index contributed by atoms with van der Waals surface area (Å²) in [6, 6.07) is 28.0. The number of aromatic nitrogens is 2. The topological polar surface area (TPSA) is 81.3 Å². The first kappa shape index (κ1) is 21.6. The van der Waals surface area contributed by atoms with E-state index >= 15 is 0 Å². The van der Waals surface area contributed by atoms with Crippen molar-refractivity contribution in [3.8, 4) is 45.1 Å². The molecule has 0 saturated carbocycles. The average Bonchev–Trinajstić information content (AvgIpc) is 2.89. The minimum absolute atomic E-state index is 0.0468. The number of nitrogens with zero attached hydrogens (tertiary/aromatic N) is 2. The van der Waals surface area contributed by atoms with Gasteiger partial charge in [0.15, 0.2) is 0 Å². The standard InChI is InChI=1S/C29H25N3O2/c1-2-34-23-10-6-9-22(15-23)26-18-31-29(33)25-16-24(20-7-4-3-5-8-20)27(32-28(25)26)21-13-11-19(17-30)12-14-21/h3-16,18H,2,17,30H2,1H3,(H,31,33). The highest BCUT2D eigenvalue weighted by molar-refractivity contribution is 6.01. The number of ether oxygens (including phenoxy) is 1. The first-order chi connectivity index (χ1) is 16.7. The molecule has 0 aliphatic carbocycles. The molecule has 5 heteroatoms. The van der Waals surface area contributed by atoms with Gasteiger partial charge in [0, 0.05) is 29.4 Å². The molecule has 0 aliphatic rings. The van der Waals surface area contributed by atoms with Crippen molar-refractivity contribution in [2.45, 2.75) is 13.5 Å². The zero-order valence-corrected chi connectivity index (χ0v) is 18.9. The Labute approximate surface area is 198 Å². The van der Waals surface area contributed by atoms with Gasteiger partial charge in [-0.15, -0.1) is 0 Å². The van der Waals surface area contributed by atoms with Crippen LogP contribution in [0.4, 0.5) is 0 Å². The molecule has 2 aromatic heterocycles.